The number of nitriles is 1. The van der Waals surface area contributed by atoms with Crippen molar-refractivity contribution in [2.24, 2.45) is 0 Å². The fourth-order valence-corrected chi connectivity index (χ4v) is 6.38. The van der Waals surface area contributed by atoms with E-state index in [1.54, 1.807) is 34.9 Å². The lowest BCUT2D eigenvalue weighted by molar-refractivity contribution is -0.128. The van der Waals surface area contributed by atoms with Crippen molar-refractivity contribution < 1.29 is 13.9 Å². The van der Waals surface area contributed by atoms with E-state index in [4.69, 9.17) is 15.6 Å². The zero-order chi connectivity index (χ0) is 34.3. The molecule has 6 rings (SSSR count). The lowest BCUT2D eigenvalue weighted by atomic mass is 9.96. The quantitative estimate of drug-likeness (QED) is 0.218. The van der Waals surface area contributed by atoms with Gasteiger partial charge in [0.25, 0.3) is 5.91 Å². The summed E-state index contributed by atoms with van der Waals surface area (Å²) in [6.45, 7) is 11.9. The van der Waals surface area contributed by atoms with Crippen LogP contribution < -0.4 is 10.5 Å². The maximum Gasteiger partial charge on any atom is 0.264 e. The van der Waals surface area contributed by atoms with Gasteiger partial charge in [-0.15, -0.1) is 0 Å². The summed E-state index contributed by atoms with van der Waals surface area (Å²) in [6.07, 6.45) is 4.66. The van der Waals surface area contributed by atoms with Crippen LogP contribution in [0, 0.1) is 17.1 Å². The van der Waals surface area contributed by atoms with Gasteiger partial charge >= 0.3 is 0 Å². The molecule has 1 unspecified atom stereocenters. The van der Waals surface area contributed by atoms with E-state index >= 15 is 0 Å². The highest BCUT2D eigenvalue weighted by Crippen LogP contribution is 2.35. The third kappa shape index (κ3) is 7.64. The number of nitrogens with zero attached hydrogens (tertiary/aromatic N) is 8. The van der Waals surface area contributed by atoms with Crippen LogP contribution in [0.2, 0.25) is 0 Å². The smallest absolute Gasteiger partial charge is 0.264 e. The van der Waals surface area contributed by atoms with Crippen molar-refractivity contribution in [2.45, 2.75) is 45.2 Å². The molecule has 2 aromatic heterocycles. The number of para-hydroxylation sites is 1. The molecular formula is C36H44FN9O2. The number of nitrogen functional groups attached to an aromatic ring is 1. The van der Waals surface area contributed by atoms with Gasteiger partial charge in [-0.2, -0.15) is 10.4 Å². The number of benzene rings is 2. The Morgan fingerprint density at radius 2 is 1.79 bits per heavy atom. The number of carbonyl (C=O) groups excluding carboxylic acids is 1. The van der Waals surface area contributed by atoms with Crippen LogP contribution in [0.25, 0.3) is 22.3 Å². The minimum atomic E-state index is -0.433. The molecule has 0 bridgehead atoms. The van der Waals surface area contributed by atoms with Crippen LogP contribution in [0.3, 0.4) is 0 Å². The van der Waals surface area contributed by atoms with E-state index < -0.39 is 11.4 Å². The van der Waals surface area contributed by atoms with Gasteiger partial charge in [-0.05, 0) is 63.6 Å². The minimum Gasteiger partial charge on any atom is -0.497 e. The van der Waals surface area contributed by atoms with Crippen LogP contribution in [0.1, 0.15) is 39.7 Å². The van der Waals surface area contributed by atoms with Crippen LogP contribution in [-0.4, -0.2) is 98.8 Å². The number of hydrogen-bond donors (Lipinski definition) is 1. The summed E-state index contributed by atoms with van der Waals surface area (Å²) in [5, 5.41) is 15.3. The first-order valence-corrected chi connectivity index (χ1v) is 16.4. The normalized spacial score (nSPS) is 17.8. The van der Waals surface area contributed by atoms with Crippen molar-refractivity contribution >= 4 is 22.8 Å². The summed E-state index contributed by atoms with van der Waals surface area (Å²) in [5.74, 6) is 0.426. The fourth-order valence-electron chi connectivity index (χ4n) is 6.38. The maximum atomic E-state index is 14.8. The number of piperazine rings is 1. The standard InChI is InChI=1S/C29H36FN9O.C7H8O/c1-4-36-12-14-38(15-13-36)29(2,3)16-20(17-31)28(40)37-11-7-8-21(18-37)39-27-24(26(32)33-19-34-27)25(35-39)22-9-5-6-10-23(22)30;1-8-7-5-3-2-4-6-7/h5-6,9-10,16,19,21H,4,7-8,11-15,18H2,1-3H3,(H2,32,33,34);2-6H,1H3/b20-16+;. The Labute approximate surface area is 281 Å². The van der Waals surface area contributed by atoms with Gasteiger partial charge in [0.1, 0.15) is 41.0 Å². The molecule has 0 spiro atoms. The van der Waals surface area contributed by atoms with Gasteiger partial charge in [0.05, 0.1) is 18.5 Å². The molecule has 12 heteroatoms. The first kappa shape index (κ1) is 34.5. The highest BCUT2D eigenvalue weighted by Gasteiger charge is 2.33. The number of likely N-dealkylation sites (N-methyl/N-ethyl adjacent to an activating group) is 1. The number of fused-ring (bicyclic) bond motifs is 1. The number of rotatable bonds is 7. The summed E-state index contributed by atoms with van der Waals surface area (Å²) in [7, 11) is 1.66. The minimum absolute atomic E-state index is 0.146. The van der Waals surface area contributed by atoms with Crippen LogP contribution in [-0.2, 0) is 4.79 Å². The molecule has 2 aliphatic heterocycles. The molecule has 4 aromatic rings. The van der Waals surface area contributed by atoms with Gasteiger partial charge in [-0.25, -0.2) is 19.0 Å². The van der Waals surface area contributed by atoms with Gasteiger partial charge in [-0.3, -0.25) is 9.69 Å². The fraction of sp³-hybridized carbons (Fsp3) is 0.417. The van der Waals surface area contributed by atoms with Crippen LogP contribution in [0.5, 0.6) is 5.75 Å². The van der Waals surface area contributed by atoms with Crippen molar-refractivity contribution in [2.75, 3.05) is 58.7 Å². The van der Waals surface area contributed by atoms with E-state index in [9.17, 15) is 14.4 Å². The van der Waals surface area contributed by atoms with Crippen LogP contribution in [0.15, 0.2) is 72.6 Å². The number of ether oxygens (including phenoxy) is 1. The van der Waals surface area contributed by atoms with Crippen molar-refractivity contribution in [3.63, 3.8) is 0 Å². The molecule has 2 fully saturated rings. The predicted molar refractivity (Wildman–Crippen MR) is 184 cm³/mol. The molecule has 48 heavy (non-hydrogen) atoms. The number of aromatic nitrogens is 4. The molecule has 0 saturated carbocycles. The van der Waals surface area contributed by atoms with E-state index in [1.807, 2.05) is 36.4 Å². The molecule has 252 valence electrons. The third-order valence-corrected chi connectivity index (χ3v) is 9.14. The number of hydrogen-bond acceptors (Lipinski definition) is 9. The van der Waals surface area contributed by atoms with Crippen LogP contribution in [0.4, 0.5) is 10.2 Å². The second-order valence-corrected chi connectivity index (χ2v) is 12.5. The predicted octanol–water partition coefficient (Wildman–Crippen LogP) is 4.94. The molecule has 2 aliphatic rings. The largest absolute Gasteiger partial charge is 0.497 e. The zero-order valence-corrected chi connectivity index (χ0v) is 28.1. The lowest BCUT2D eigenvalue weighted by Gasteiger charge is -2.42. The van der Waals surface area contributed by atoms with Crippen molar-refractivity contribution in [1.29, 1.82) is 5.26 Å². The van der Waals surface area contributed by atoms with Gasteiger partial charge < -0.3 is 20.3 Å². The summed E-state index contributed by atoms with van der Waals surface area (Å²) >= 11 is 0. The van der Waals surface area contributed by atoms with E-state index in [1.165, 1.54) is 12.4 Å². The molecule has 11 nitrogen and oxygen atoms in total. The Bertz CT molecular complexity index is 1780. The number of halogens is 1. The van der Waals surface area contributed by atoms with E-state index in [0.29, 0.717) is 35.4 Å². The Morgan fingerprint density at radius 1 is 1.08 bits per heavy atom. The number of likely N-dealkylation sites (tertiary alicyclic amines) is 1. The van der Waals surface area contributed by atoms with E-state index in [0.717, 1.165) is 51.3 Å². The first-order chi connectivity index (χ1) is 23.2. The molecule has 0 radical (unpaired) electrons. The van der Waals surface area contributed by atoms with Gasteiger partial charge in [0.15, 0.2) is 5.65 Å². The summed E-state index contributed by atoms with van der Waals surface area (Å²) in [6, 6.07) is 18.0. The summed E-state index contributed by atoms with van der Waals surface area (Å²) in [5.41, 5.74) is 7.11. The number of anilines is 1. The molecular weight excluding hydrogens is 609 g/mol. The molecule has 1 atom stereocenters. The molecule has 2 saturated heterocycles. The number of piperidine rings is 1. The van der Waals surface area contributed by atoms with E-state index in [2.05, 4.69) is 46.6 Å². The molecule has 0 aliphatic carbocycles. The second kappa shape index (κ2) is 15.4. The maximum absolute atomic E-state index is 14.8. The van der Waals surface area contributed by atoms with Crippen molar-refractivity contribution in [1.82, 2.24) is 34.4 Å². The summed E-state index contributed by atoms with van der Waals surface area (Å²) in [4.78, 5) is 28.6. The van der Waals surface area contributed by atoms with Crippen molar-refractivity contribution in [3.05, 3.63) is 78.4 Å². The number of nitrogens with two attached hydrogens (primary N) is 1. The Hall–Kier alpha value is -4.86. The molecule has 2 N–H and O–H groups in total. The SMILES string of the molecule is CCN1CCN(C(C)(C)/C=C(\C#N)C(=O)N2CCCC(n3nc(-c4ccccc4F)c4c(N)ncnc43)C2)CC1.COc1ccccc1. The third-order valence-electron chi connectivity index (χ3n) is 9.14. The van der Waals surface area contributed by atoms with E-state index in [-0.39, 0.29) is 23.3 Å². The number of carbonyl (C=O) groups is 1. The Morgan fingerprint density at radius 3 is 2.44 bits per heavy atom. The topological polar surface area (TPSA) is 129 Å². The first-order valence-electron chi connectivity index (χ1n) is 16.4. The summed E-state index contributed by atoms with van der Waals surface area (Å²) < 4.78 is 21.4. The lowest BCUT2D eigenvalue weighted by Crippen LogP contribution is -2.54. The highest BCUT2D eigenvalue weighted by molar-refractivity contribution is 5.99. The average molecular weight is 654 g/mol. The molecule has 1 amide bonds. The number of amides is 1. The Balaban J connectivity index is 0.000000494. The monoisotopic (exact) mass is 653 g/mol. The molecule has 4 heterocycles. The number of methoxy groups -OCH3 is 1. The van der Waals surface area contributed by atoms with Crippen molar-refractivity contribution in [3.8, 4) is 23.1 Å². The van der Waals surface area contributed by atoms with Gasteiger partial charge in [-0.1, -0.05) is 37.3 Å². The Kier molecular flexibility index (Phi) is 11.0. The molecule has 2 aromatic carbocycles. The zero-order valence-electron chi connectivity index (χ0n) is 28.1. The van der Waals surface area contributed by atoms with Crippen LogP contribution >= 0.6 is 0 Å². The average Bonchev–Trinajstić information content (AvgIpc) is 3.52. The second-order valence-electron chi connectivity index (χ2n) is 12.5. The highest BCUT2D eigenvalue weighted by atomic mass is 19.1. The van der Waals surface area contributed by atoms with Gasteiger partial charge in [0.2, 0.25) is 0 Å². The van der Waals surface area contributed by atoms with Gasteiger partial charge in [0, 0.05) is 50.4 Å².